The quantitative estimate of drug-likeness (QED) is 0.565. The Morgan fingerprint density at radius 3 is 2.25 bits per heavy atom. The first-order valence-electron chi connectivity index (χ1n) is 6.19. The monoisotopic (exact) mass is 304 g/mol. The SMILES string of the molecule is OC[C@H]1O[C@H](Oc2ccc(CCl)cc2)[C@H](O)[C@@H](O)[C@@H]1O. The van der Waals surface area contributed by atoms with Gasteiger partial charge in [0.2, 0.25) is 6.29 Å². The third-order valence-corrected chi connectivity index (χ3v) is 3.49. The van der Waals surface area contributed by atoms with Gasteiger partial charge < -0.3 is 29.9 Å². The van der Waals surface area contributed by atoms with Gasteiger partial charge in [-0.25, -0.2) is 0 Å². The fraction of sp³-hybridized carbons (Fsp3) is 0.538. The number of hydrogen-bond acceptors (Lipinski definition) is 6. The first kappa shape index (κ1) is 15.5. The number of benzene rings is 1. The van der Waals surface area contributed by atoms with Gasteiger partial charge in [-0.2, -0.15) is 0 Å². The Hall–Kier alpha value is -0.890. The van der Waals surface area contributed by atoms with Crippen LogP contribution in [0, 0.1) is 0 Å². The molecule has 7 heteroatoms. The van der Waals surface area contributed by atoms with E-state index in [-0.39, 0.29) is 0 Å². The second-order valence-corrected chi connectivity index (χ2v) is 4.86. The van der Waals surface area contributed by atoms with Crippen molar-refractivity contribution in [2.75, 3.05) is 6.61 Å². The van der Waals surface area contributed by atoms with Crippen LogP contribution in [0.15, 0.2) is 24.3 Å². The summed E-state index contributed by atoms with van der Waals surface area (Å²) < 4.78 is 10.7. The van der Waals surface area contributed by atoms with Crippen molar-refractivity contribution in [1.29, 1.82) is 0 Å². The lowest BCUT2D eigenvalue weighted by Crippen LogP contribution is -2.60. The van der Waals surface area contributed by atoms with E-state index in [9.17, 15) is 15.3 Å². The fourth-order valence-corrected chi connectivity index (χ4v) is 2.13. The molecular weight excluding hydrogens is 288 g/mol. The average Bonchev–Trinajstić information content (AvgIpc) is 2.48. The maximum Gasteiger partial charge on any atom is 0.229 e. The van der Waals surface area contributed by atoms with Crippen LogP contribution in [0.2, 0.25) is 0 Å². The van der Waals surface area contributed by atoms with Gasteiger partial charge in [-0.1, -0.05) is 12.1 Å². The Balaban J connectivity index is 2.06. The van der Waals surface area contributed by atoms with Crippen LogP contribution in [0.5, 0.6) is 5.75 Å². The zero-order chi connectivity index (χ0) is 14.7. The van der Waals surface area contributed by atoms with E-state index >= 15 is 0 Å². The Bertz CT molecular complexity index is 423. The smallest absolute Gasteiger partial charge is 0.229 e. The largest absolute Gasteiger partial charge is 0.462 e. The first-order valence-corrected chi connectivity index (χ1v) is 6.72. The number of ether oxygens (including phenoxy) is 2. The van der Waals surface area contributed by atoms with Gasteiger partial charge in [0, 0.05) is 5.88 Å². The molecule has 112 valence electrons. The zero-order valence-electron chi connectivity index (χ0n) is 10.6. The fourth-order valence-electron chi connectivity index (χ4n) is 1.96. The number of halogens is 1. The lowest BCUT2D eigenvalue weighted by atomic mass is 9.99. The molecule has 20 heavy (non-hydrogen) atoms. The van der Waals surface area contributed by atoms with Crippen molar-refractivity contribution in [2.45, 2.75) is 36.6 Å². The van der Waals surface area contributed by atoms with Crippen LogP contribution in [-0.2, 0) is 10.6 Å². The number of alkyl halides is 1. The molecule has 1 aliphatic rings. The average molecular weight is 305 g/mol. The molecule has 0 saturated carbocycles. The molecule has 0 aromatic heterocycles. The molecule has 1 aliphatic heterocycles. The van der Waals surface area contributed by atoms with Crippen molar-refractivity contribution in [2.24, 2.45) is 0 Å². The first-order chi connectivity index (χ1) is 9.56. The molecule has 6 nitrogen and oxygen atoms in total. The standard InChI is InChI=1S/C13H17ClO6/c14-5-7-1-3-8(4-2-7)19-13-12(18)11(17)10(16)9(6-15)20-13/h1-4,9-13,15-18H,5-6H2/t9-,10-,11+,12-,13+/m1/s1. The summed E-state index contributed by atoms with van der Waals surface area (Å²) in [6.07, 6.45) is -6.42. The van der Waals surface area contributed by atoms with E-state index in [1.807, 2.05) is 0 Å². The lowest BCUT2D eigenvalue weighted by Gasteiger charge is -2.39. The molecule has 0 aliphatic carbocycles. The molecule has 1 heterocycles. The van der Waals surface area contributed by atoms with Gasteiger partial charge in [0.1, 0.15) is 30.2 Å². The van der Waals surface area contributed by atoms with Crippen LogP contribution in [0.4, 0.5) is 0 Å². The van der Waals surface area contributed by atoms with Crippen LogP contribution in [0.1, 0.15) is 5.56 Å². The van der Waals surface area contributed by atoms with Crippen LogP contribution < -0.4 is 4.74 Å². The summed E-state index contributed by atoms with van der Waals surface area (Å²) in [6, 6.07) is 6.82. The summed E-state index contributed by atoms with van der Waals surface area (Å²) in [5, 5.41) is 38.2. The predicted octanol–water partition coefficient (Wildman–Crippen LogP) is -0.396. The van der Waals surface area contributed by atoms with Crippen molar-refractivity contribution >= 4 is 11.6 Å². The minimum Gasteiger partial charge on any atom is -0.462 e. The van der Waals surface area contributed by atoms with E-state index in [2.05, 4.69) is 0 Å². The highest BCUT2D eigenvalue weighted by Crippen LogP contribution is 2.24. The minimum atomic E-state index is -1.45. The van der Waals surface area contributed by atoms with Gasteiger partial charge in [0.25, 0.3) is 0 Å². The Morgan fingerprint density at radius 2 is 1.70 bits per heavy atom. The maximum atomic E-state index is 9.82. The van der Waals surface area contributed by atoms with E-state index in [4.69, 9.17) is 26.2 Å². The van der Waals surface area contributed by atoms with Gasteiger partial charge in [0.15, 0.2) is 0 Å². The van der Waals surface area contributed by atoms with Crippen molar-refractivity contribution < 1.29 is 29.9 Å². The summed E-state index contributed by atoms with van der Waals surface area (Å²) in [5.41, 5.74) is 0.910. The third kappa shape index (κ3) is 3.22. The molecule has 1 fully saturated rings. The van der Waals surface area contributed by atoms with Gasteiger partial charge >= 0.3 is 0 Å². The molecule has 0 unspecified atom stereocenters. The summed E-state index contributed by atoms with van der Waals surface area (Å²) in [4.78, 5) is 0. The van der Waals surface area contributed by atoms with E-state index in [0.717, 1.165) is 5.56 Å². The second kappa shape index (κ2) is 6.71. The van der Waals surface area contributed by atoms with E-state index in [0.29, 0.717) is 11.6 Å². The highest BCUT2D eigenvalue weighted by Gasteiger charge is 2.44. The third-order valence-electron chi connectivity index (χ3n) is 3.18. The second-order valence-electron chi connectivity index (χ2n) is 4.59. The zero-order valence-corrected chi connectivity index (χ0v) is 11.3. The summed E-state index contributed by atoms with van der Waals surface area (Å²) in [6.45, 7) is -0.490. The van der Waals surface area contributed by atoms with E-state index in [1.165, 1.54) is 0 Å². The Morgan fingerprint density at radius 1 is 1.05 bits per heavy atom. The van der Waals surface area contributed by atoms with Crippen molar-refractivity contribution in [3.05, 3.63) is 29.8 Å². The molecule has 0 amide bonds. The molecule has 4 N–H and O–H groups in total. The van der Waals surface area contributed by atoms with Gasteiger partial charge in [0.05, 0.1) is 6.61 Å². The summed E-state index contributed by atoms with van der Waals surface area (Å²) >= 11 is 5.67. The number of aliphatic hydroxyl groups is 4. The van der Waals surface area contributed by atoms with Crippen LogP contribution in [-0.4, -0.2) is 57.7 Å². The molecule has 1 aromatic carbocycles. The maximum absolute atomic E-state index is 9.82. The Kier molecular flexibility index (Phi) is 5.20. The van der Waals surface area contributed by atoms with Gasteiger partial charge in [-0.15, -0.1) is 11.6 Å². The number of hydrogen-bond donors (Lipinski definition) is 4. The van der Waals surface area contributed by atoms with E-state index < -0.39 is 37.3 Å². The van der Waals surface area contributed by atoms with Crippen molar-refractivity contribution in [1.82, 2.24) is 0 Å². The van der Waals surface area contributed by atoms with Crippen LogP contribution in [0.25, 0.3) is 0 Å². The highest BCUT2D eigenvalue weighted by molar-refractivity contribution is 6.17. The molecule has 0 bridgehead atoms. The summed E-state index contributed by atoms with van der Waals surface area (Å²) in [7, 11) is 0. The highest BCUT2D eigenvalue weighted by atomic mass is 35.5. The number of rotatable bonds is 4. The van der Waals surface area contributed by atoms with Crippen molar-refractivity contribution in [3.8, 4) is 5.75 Å². The lowest BCUT2D eigenvalue weighted by molar-refractivity contribution is -0.277. The van der Waals surface area contributed by atoms with E-state index in [1.54, 1.807) is 24.3 Å². The molecule has 1 saturated heterocycles. The number of aliphatic hydroxyl groups excluding tert-OH is 4. The topological polar surface area (TPSA) is 99.4 Å². The molecule has 0 radical (unpaired) electrons. The molecule has 1 aromatic rings. The molecule has 2 rings (SSSR count). The van der Waals surface area contributed by atoms with Crippen LogP contribution in [0.3, 0.4) is 0 Å². The van der Waals surface area contributed by atoms with Crippen molar-refractivity contribution in [3.63, 3.8) is 0 Å². The Labute approximate surface area is 121 Å². The van der Waals surface area contributed by atoms with Crippen LogP contribution >= 0.6 is 11.6 Å². The predicted molar refractivity (Wildman–Crippen MR) is 70.4 cm³/mol. The molecular formula is C13H17ClO6. The van der Waals surface area contributed by atoms with Gasteiger partial charge in [-0.3, -0.25) is 0 Å². The summed E-state index contributed by atoms with van der Waals surface area (Å²) in [5.74, 6) is 0.795. The molecule has 0 spiro atoms. The minimum absolute atomic E-state index is 0.375. The van der Waals surface area contributed by atoms with Gasteiger partial charge in [-0.05, 0) is 17.7 Å². The molecule has 5 atom stereocenters. The normalized spacial score (nSPS) is 34.0.